The number of hydrogen-bond donors (Lipinski definition) is 2. The van der Waals surface area contributed by atoms with E-state index in [2.05, 4.69) is 37.1 Å². The van der Waals surface area contributed by atoms with Gasteiger partial charge in [0.15, 0.2) is 0 Å². The summed E-state index contributed by atoms with van der Waals surface area (Å²) in [6.07, 6.45) is 4.64. The number of rotatable bonds is 3. The molecule has 0 aliphatic heterocycles. The van der Waals surface area contributed by atoms with Crippen molar-refractivity contribution in [3.05, 3.63) is 77.0 Å². The number of carbonyl (C=O) groups excluding carboxylic acids is 1. The Hall–Kier alpha value is -4.51. The molecule has 3 aromatic heterocycles. The number of carbonyl (C=O) groups is 1. The maximum Gasteiger partial charge on any atom is 0.257 e. The first-order chi connectivity index (χ1) is 15.4. The van der Waals surface area contributed by atoms with Crippen LogP contribution in [0.5, 0.6) is 5.75 Å². The van der Waals surface area contributed by atoms with Gasteiger partial charge in [0.05, 0.1) is 35.8 Å². The molecule has 8 heteroatoms. The number of nitrogens with one attached hydrogen (secondary N) is 1. The third-order valence-corrected chi connectivity index (χ3v) is 4.83. The fraction of sp³-hybridized carbons (Fsp3) is 0.125. The molecule has 4 rings (SSSR count). The van der Waals surface area contributed by atoms with Gasteiger partial charge in [0, 0.05) is 23.6 Å². The molecule has 3 heterocycles. The van der Waals surface area contributed by atoms with Crippen LogP contribution in [0.4, 0.5) is 11.5 Å². The van der Waals surface area contributed by atoms with E-state index in [1.807, 2.05) is 13.8 Å². The fourth-order valence-electron chi connectivity index (χ4n) is 2.98. The van der Waals surface area contributed by atoms with E-state index in [-0.39, 0.29) is 11.7 Å². The summed E-state index contributed by atoms with van der Waals surface area (Å²) in [4.78, 5) is 30.0. The average Bonchev–Trinajstić information content (AvgIpc) is 2.80. The smallest absolute Gasteiger partial charge is 0.257 e. The first-order valence-corrected chi connectivity index (χ1v) is 9.76. The van der Waals surface area contributed by atoms with E-state index in [0.717, 1.165) is 11.4 Å². The molecule has 1 aromatic carbocycles. The molecule has 32 heavy (non-hydrogen) atoms. The third-order valence-electron chi connectivity index (χ3n) is 4.83. The molecule has 3 N–H and O–H groups in total. The van der Waals surface area contributed by atoms with E-state index in [0.29, 0.717) is 39.2 Å². The standard InChI is InChI=1S/C24H20N6O2/c1-14-15(2)29-22-20(23(25)27-13-21(22)28-14)9-4-16-10-17(12-26-11-16)24(31)30-18-5-7-19(32-3)8-6-18/h5-8,10-13H,1-3H3,(H2,25,27)(H,30,31). The van der Waals surface area contributed by atoms with Gasteiger partial charge in [-0.2, -0.15) is 0 Å². The van der Waals surface area contributed by atoms with Crippen LogP contribution in [0.2, 0.25) is 0 Å². The summed E-state index contributed by atoms with van der Waals surface area (Å²) in [6, 6.07) is 8.72. The van der Waals surface area contributed by atoms with Crippen molar-refractivity contribution in [1.29, 1.82) is 0 Å². The van der Waals surface area contributed by atoms with Crippen LogP contribution in [0.25, 0.3) is 11.0 Å². The Morgan fingerprint density at radius 3 is 2.53 bits per heavy atom. The molecule has 158 valence electrons. The van der Waals surface area contributed by atoms with Crippen molar-refractivity contribution >= 4 is 28.4 Å². The number of hydrogen-bond acceptors (Lipinski definition) is 7. The number of benzene rings is 1. The van der Waals surface area contributed by atoms with Gasteiger partial charge in [-0.15, -0.1) is 0 Å². The molecule has 1 amide bonds. The first kappa shape index (κ1) is 20.8. The lowest BCUT2D eigenvalue weighted by Gasteiger charge is -2.06. The van der Waals surface area contributed by atoms with Crippen LogP contribution in [0.3, 0.4) is 0 Å². The van der Waals surface area contributed by atoms with Crippen molar-refractivity contribution in [2.24, 2.45) is 0 Å². The number of nitrogens with zero attached hydrogens (tertiary/aromatic N) is 4. The lowest BCUT2D eigenvalue weighted by molar-refractivity contribution is 0.102. The molecule has 0 fully saturated rings. The molecule has 0 spiro atoms. The molecule has 0 unspecified atom stereocenters. The minimum Gasteiger partial charge on any atom is -0.497 e. The SMILES string of the molecule is COc1ccc(NC(=O)c2cncc(C#Cc3c(N)ncc4nc(C)c(C)nc34)c2)cc1. The average molecular weight is 424 g/mol. The van der Waals surface area contributed by atoms with Gasteiger partial charge in [-0.3, -0.25) is 9.78 Å². The molecule has 0 bridgehead atoms. The van der Waals surface area contributed by atoms with Crippen LogP contribution >= 0.6 is 0 Å². The number of nitrogen functional groups attached to an aromatic ring is 1. The number of anilines is 2. The molecule has 0 atom stereocenters. The summed E-state index contributed by atoms with van der Waals surface area (Å²) in [5.41, 5.74) is 11.0. The zero-order valence-corrected chi connectivity index (χ0v) is 17.8. The van der Waals surface area contributed by atoms with Crippen molar-refractivity contribution in [2.75, 3.05) is 18.2 Å². The van der Waals surface area contributed by atoms with Gasteiger partial charge in [-0.1, -0.05) is 11.8 Å². The molecular weight excluding hydrogens is 404 g/mol. The highest BCUT2D eigenvalue weighted by Crippen LogP contribution is 2.20. The second-order valence-electron chi connectivity index (χ2n) is 7.04. The second kappa shape index (κ2) is 8.70. The predicted octanol–water partition coefficient (Wildman–Crippen LogP) is 3.28. The number of pyridine rings is 2. The Balaban J connectivity index is 1.62. The maximum absolute atomic E-state index is 12.6. The summed E-state index contributed by atoms with van der Waals surface area (Å²) in [6.45, 7) is 3.77. The largest absolute Gasteiger partial charge is 0.497 e. The number of nitrogens with two attached hydrogens (primary N) is 1. The molecular formula is C24H20N6O2. The number of methoxy groups -OCH3 is 1. The molecule has 0 saturated heterocycles. The summed E-state index contributed by atoms with van der Waals surface area (Å²) in [5, 5.41) is 2.82. The second-order valence-corrected chi connectivity index (χ2v) is 7.04. The van der Waals surface area contributed by atoms with Crippen molar-refractivity contribution in [3.8, 4) is 17.6 Å². The molecule has 0 saturated carbocycles. The van der Waals surface area contributed by atoms with Crippen LogP contribution in [-0.2, 0) is 0 Å². The summed E-state index contributed by atoms with van der Waals surface area (Å²) in [5.74, 6) is 6.71. The zero-order valence-electron chi connectivity index (χ0n) is 17.8. The van der Waals surface area contributed by atoms with Crippen molar-refractivity contribution in [3.63, 3.8) is 0 Å². The first-order valence-electron chi connectivity index (χ1n) is 9.76. The van der Waals surface area contributed by atoms with Crippen molar-refractivity contribution < 1.29 is 9.53 Å². The normalized spacial score (nSPS) is 10.3. The zero-order chi connectivity index (χ0) is 22.7. The van der Waals surface area contributed by atoms with Gasteiger partial charge in [0.2, 0.25) is 0 Å². The minimum atomic E-state index is -0.297. The molecule has 0 radical (unpaired) electrons. The Kier molecular flexibility index (Phi) is 5.64. The molecule has 4 aromatic rings. The number of fused-ring (bicyclic) bond motifs is 1. The Morgan fingerprint density at radius 2 is 1.78 bits per heavy atom. The topological polar surface area (TPSA) is 116 Å². The maximum atomic E-state index is 12.6. The minimum absolute atomic E-state index is 0.268. The van der Waals surface area contributed by atoms with Crippen LogP contribution in [-0.4, -0.2) is 33.0 Å². The lowest BCUT2D eigenvalue weighted by Crippen LogP contribution is -2.12. The summed E-state index contributed by atoms with van der Waals surface area (Å²) >= 11 is 0. The third kappa shape index (κ3) is 4.32. The van der Waals surface area contributed by atoms with Crippen molar-refractivity contribution in [2.45, 2.75) is 13.8 Å². The van der Waals surface area contributed by atoms with E-state index >= 15 is 0 Å². The Morgan fingerprint density at radius 1 is 1.03 bits per heavy atom. The van der Waals surface area contributed by atoms with Crippen molar-refractivity contribution in [1.82, 2.24) is 19.9 Å². The van der Waals surface area contributed by atoms with Gasteiger partial charge >= 0.3 is 0 Å². The number of aryl methyl sites for hydroxylation is 2. The number of ether oxygens (including phenoxy) is 1. The van der Waals surface area contributed by atoms with Gasteiger partial charge in [-0.05, 0) is 44.2 Å². The summed E-state index contributed by atoms with van der Waals surface area (Å²) < 4.78 is 5.13. The summed E-state index contributed by atoms with van der Waals surface area (Å²) in [7, 11) is 1.59. The van der Waals surface area contributed by atoms with Gasteiger partial charge in [0.1, 0.15) is 22.6 Å². The van der Waals surface area contributed by atoms with Crippen LogP contribution in [0, 0.1) is 25.7 Å². The number of aromatic nitrogens is 4. The highest BCUT2D eigenvalue weighted by atomic mass is 16.5. The van der Waals surface area contributed by atoms with Gasteiger partial charge < -0.3 is 15.8 Å². The van der Waals surface area contributed by atoms with Gasteiger partial charge in [-0.25, -0.2) is 15.0 Å². The quantitative estimate of drug-likeness (QED) is 0.485. The molecule has 0 aliphatic carbocycles. The predicted molar refractivity (Wildman–Crippen MR) is 122 cm³/mol. The monoisotopic (exact) mass is 424 g/mol. The molecule has 8 nitrogen and oxygen atoms in total. The highest BCUT2D eigenvalue weighted by molar-refractivity contribution is 6.04. The van der Waals surface area contributed by atoms with E-state index < -0.39 is 0 Å². The molecule has 0 aliphatic rings. The van der Waals surface area contributed by atoms with Crippen LogP contribution in [0.1, 0.15) is 32.9 Å². The fourth-order valence-corrected chi connectivity index (χ4v) is 2.98. The highest BCUT2D eigenvalue weighted by Gasteiger charge is 2.10. The van der Waals surface area contributed by atoms with E-state index in [1.54, 1.807) is 49.8 Å². The van der Waals surface area contributed by atoms with E-state index in [4.69, 9.17) is 10.5 Å². The number of amides is 1. The lowest BCUT2D eigenvalue weighted by atomic mass is 10.1. The van der Waals surface area contributed by atoms with Crippen LogP contribution in [0.15, 0.2) is 48.9 Å². The van der Waals surface area contributed by atoms with Crippen LogP contribution < -0.4 is 15.8 Å². The van der Waals surface area contributed by atoms with E-state index in [9.17, 15) is 4.79 Å². The van der Waals surface area contributed by atoms with E-state index in [1.165, 1.54) is 6.20 Å². The Bertz CT molecular complexity index is 1390. The Labute approximate surface area is 184 Å². The van der Waals surface area contributed by atoms with Gasteiger partial charge in [0.25, 0.3) is 5.91 Å².